The topological polar surface area (TPSA) is 39.1 Å². The molecule has 0 aliphatic carbocycles. The fourth-order valence-corrected chi connectivity index (χ4v) is 1.91. The summed E-state index contributed by atoms with van der Waals surface area (Å²) in [5.41, 5.74) is 3.44. The molecule has 2 aromatic rings. The Balaban J connectivity index is 2.19. The third-order valence-corrected chi connectivity index (χ3v) is 3.07. The van der Waals surface area contributed by atoms with Crippen LogP contribution in [0.25, 0.3) is 0 Å². The van der Waals surface area contributed by atoms with E-state index in [-0.39, 0.29) is 0 Å². The van der Waals surface area contributed by atoms with Crippen LogP contribution in [0.4, 0.5) is 17.1 Å². The van der Waals surface area contributed by atoms with Gasteiger partial charge in [0, 0.05) is 25.5 Å². The predicted molar refractivity (Wildman–Crippen MR) is 80.2 cm³/mol. The van der Waals surface area contributed by atoms with Crippen molar-refractivity contribution in [2.45, 2.75) is 0 Å². The van der Waals surface area contributed by atoms with Crippen molar-refractivity contribution in [1.82, 2.24) is 0 Å². The lowest BCUT2D eigenvalue weighted by molar-refractivity contribution is 1.13. The SMILES string of the molecule is CN(C)c1ccc(Nc2ccc(C#N)cc2Cl)cc1. The van der Waals surface area contributed by atoms with E-state index in [0.29, 0.717) is 10.6 Å². The highest BCUT2D eigenvalue weighted by Gasteiger charge is 2.03. The van der Waals surface area contributed by atoms with E-state index >= 15 is 0 Å². The van der Waals surface area contributed by atoms with E-state index in [0.717, 1.165) is 17.1 Å². The van der Waals surface area contributed by atoms with E-state index in [1.54, 1.807) is 18.2 Å². The molecule has 0 atom stereocenters. The summed E-state index contributed by atoms with van der Waals surface area (Å²) in [5.74, 6) is 0. The van der Waals surface area contributed by atoms with Crippen LogP contribution in [-0.4, -0.2) is 14.1 Å². The van der Waals surface area contributed by atoms with E-state index in [1.165, 1.54) is 0 Å². The Labute approximate surface area is 118 Å². The zero-order valence-electron chi connectivity index (χ0n) is 10.8. The van der Waals surface area contributed by atoms with Crippen LogP contribution in [-0.2, 0) is 0 Å². The molecule has 2 aromatic carbocycles. The smallest absolute Gasteiger partial charge is 0.0992 e. The van der Waals surface area contributed by atoms with Crippen molar-refractivity contribution in [3.05, 3.63) is 53.1 Å². The third-order valence-electron chi connectivity index (χ3n) is 2.76. The molecular formula is C15H14ClN3. The molecule has 0 saturated carbocycles. The summed E-state index contributed by atoms with van der Waals surface area (Å²) >= 11 is 6.12. The van der Waals surface area contributed by atoms with Crippen LogP contribution < -0.4 is 10.2 Å². The summed E-state index contributed by atoms with van der Waals surface area (Å²) in [5, 5.41) is 12.6. The van der Waals surface area contributed by atoms with E-state index < -0.39 is 0 Å². The Morgan fingerprint density at radius 2 is 1.79 bits per heavy atom. The molecule has 96 valence electrons. The van der Waals surface area contributed by atoms with Crippen LogP contribution in [0.2, 0.25) is 5.02 Å². The molecular weight excluding hydrogens is 258 g/mol. The highest BCUT2D eigenvalue weighted by Crippen LogP contribution is 2.27. The zero-order valence-corrected chi connectivity index (χ0v) is 11.6. The highest BCUT2D eigenvalue weighted by molar-refractivity contribution is 6.33. The van der Waals surface area contributed by atoms with Gasteiger partial charge in [0.15, 0.2) is 0 Å². The van der Waals surface area contributed by atoms with Crippen LogP contribution in [0, 0.1) is 11.3 Å². The van der Waals surface area contributed by atoms with E-state index in [2.05, 4.69) is 11.4 Å². The van der Waals surface area contributed by atoms with E-state index in [1.807, 2.05) is 43.3 Å². The minimum Gasteiger partial charge on any atom is -0.378 e. The molecule has 3 nitrogen and oxygen atoms in total. The summed E-state index contributed by atoms with van der Waals surface area (Å²) in [6, 6.07) is 15.3. The maximum absolute atomic E-state index is 8.79. The summed E-state index contributed by atoms with van der Waals surface area (Å²) in [6.07, 6.45) is 0. The number of nitrogens with zero attached hydrogens (tertiary/aromatic N) is 2. The van der Waals surface area contributed by atoms with Gasteiger partial charge in [-0.05, 0) is 42.5 Å². The molecule has 0 aliphatic rings. The van der Waals surface area contributed by atoms with Gasteiger partial charge >= 0.3 is 0 Å². The lowest BCUT2D eigenvalue weighted by Crippen LogP contribution is -2.08. The average Bonchev–Trinajstić information content (AvgIpc) is 2.41. The van der Waals surface area contributed by atoms with Crippen LogP contribution >= 0.6 is 11.6 Å². The maximum atomic E-state index is 8.79. The summed E-state index contributed by atoms with van der Waals surface area (Å²) in [6.45, 7) is 0. The largest absolute Gasteiger partial charge is 0.378 e. The molecule has 19 heavy (non-hydrogen) atoms. The fraction of sp³-hybridized carbons (Fsp3) is 0.133. The first-order valence-electron chi connectivity index (χ1n) is 5.84. The quantitative estimate of drug-likeness (QED) is 0.916. The number of hydrogen-bond donors (Lipinski definition) is 1. The first-order chi connectivity index (χ1) is 9.10. The third kappa shape index (κ3) is 3.18. The van der Waals surface area contributed by atoms with Crippen LogP contribution in [0.1, 0.15) is 5.56 Å². The average molecular weight is 272 g/mol. The highest BCUT2D eigenvalue weighted by atomic mass is 35.5. The summed E-state index contributed by atoms with van der Waals surface area (Å²) in [7, 11) is 4.00. The Kier molecular flexibility index (Phi) is 3.94. The van der Waals surface area contributed by atoms with Gasteiger partial charge in [-0.15, -0.1) is 0 Å². The second-order valence-electron chi connectivity index (χ2n) is 4.37. The molecule has 0 unspecified atom stereocenters. The number of nitrogens with one attached hydrogen (secondary N) is 1. The van der Waals surface area contributed by atoms with E-state index in [4.69, 9.17) is 16.9 Å². The Morgan fingerprint density at radius 1 is 1.11 bits per heavy atom. The number of benzene rings is 2. The Hall–Kier alpha value is -2.18. The van der Waals surface area contributed by atoms with Crippen LogP contribution in [0.5, 0.6) is 0 Å². The number of anilines is 3. The first-order valence-corrected chi connectivity index (χ1v) is 6.22. The van der Waals surface area contributed by atoms with Gasteiger partial charge in [0.1, 0.15) is 0 Å². The van der Waals surface area contributed by atoms with Crippen molar-refractivity contribution in [3.63, 3.8) is 0 Å². The second-order valence-corrected chi connectivity index (χ2v) is 4.78. The standard InChI is InChI=1S/C15H14ClN3/c1-19(2)13-6-4-12(5-7-13)18-15-8-3-11(10-17)9-14(15)16/h3-9,18H,1-2H3. The van der Waals surface area contributed by atoms with Crippen molar-refractivity contribution in [2.75, 3.05) is 24.3 Å². The normalized spacial score (nSPS) is 9.79. The zero-order chi connectivity index (χ0) is 13.8. The molecule has 1 N–H and O–H groups in total. The predicted octanol–water partition coefficient (Wildman–Crippen LogP) is 4.02. The van der Waals surface area contributed by atoms with Gasteiger partial charge in [0.2, 0.25) is 0 Å². The van der Waals surface area contributed by atoms with Crippen molar-refractivity contribution in [3.8, 4) is 6.07 Å². The molecule has 0 heterocycles. The van der Waals surface area contributed by atoms with Gasteiger partial charge in [0.25, 0.3) is 0 Å². The number of nitriles is 1. The molecule has 0 bridgehead atoms. The van der Waals surface area contributed by atoms with Gasteiger partial charge < -0.3 is 10.2 Å². The minimum atomic E-state index is 0.538. The molecule has 2 rings (SSSR count). The van der Waals surface area contributed by atoms with Gasteiger partial charge in [-0.3, -0.25) is 0 Å². The first kappa shape index (κ1) is 13.3. The Bertz CT molecular complexity index is 612. The second kappa shape index (κ2) is 5.64. The van der Waals surface area contributed by atoms with E-state index in [9.17, 15) is 0 Å². The number of halogens is 1. The summed E-state index contributed by atoms with van der Waals surface area (Å²) in [4.78, 5) is 2.04. The van der Waals surface area contributed by atoms with Crippen molar-refractivity contribution in [1.29, 1.82) is 5.26 Å². The van der Waals surface area contributed by atoms with Crippen molar-refractivity contribution < 1.29 is 0 Å². The molecule has 0 aromatic heterocycles. The van der Waals surface area contributed by atoms with Crippen LogP contribution in [0.3, 0.4) is 0 Å². The monoisotopic (exact) mass is 271 g/mol. The minimum absolute atomic E-state index is 0.538. The summed E-state index contributed by atoms with van der Waals surface area (Å²) < 4.78 is 0. The van der Waals surface area contributed by atoms with Gasteiger partial charge in [-0.2, -0.15) is 5.26 Å². The van der Waals surface area contributed by atoms with Gasteiger partial charge in [-0.25, -0.2) is 0 Å². The molecule has 0 fully saturated rings. The molecule has 0 saturated heterocycles. The molecule has 0 amide bonds. The fourth-order valence-electron chi connectivity index (χ4n) is 1.68. The van der Waals surface area contributed by atoms with Crippen LogP contribution in [0.15, 0.2) is 42.5 Å². The number of hydrogen-bond acceptors (Lipinski definition) is 3. The van der Waals surface area contributed by atoms with Crippen molar-refractivity contribution in [2.24, 2.45) is 0 Å². The van der Waals surface area contributed by atoms with Crippen molar-refractivity contribution >= 4 is 28.7 Å². The lowest BCUT2D eigenvalue weighted by Gasteiger charge is -2.14. The van der Waals surface area contributed by atoms with Gasteiger partial charge in [0.05, 0.1) is 22.3 Å². The molecule has 0 spiro atoms. The maximum Gasteiger partial charge on any atom is 0.0992 e. The lowest BCUT2D eigenvalue weighted by atomic mass is 10.2. The number of rotatable bonds is 3. The van der Waals surface area contributed by atoms with Gasteiger partial charge in [-0.1, -0.05) is 11.6 Å². The molecule has 4 heteroatoms. The molecule has 0 aliphatic heterocycles. The Morgan fingerprint density at radius 3 is 2.32 bits per heavy atom. The molecule has 0 radical (unpaired) electrons.